The van der Waals surface area contributed by atoms with Crippen LogP contribution in [0.4, 0.5) is 5.82 Å². The number of hydrogen-bond acceptors (Lipinski definition) is 4. The molecule has 4 nitrogen and oxygen atoms in total. The molecule has 0 fully saturated rings. The van der Waals surface area contributed by atoms with E-state index in [2.05, 4.69) is 15.3 Å². The zero-order valence-electron chi connectivity index (χ0n) is 10.7. The van der Waals surface area contributed by atoms with E-state index in [0.717, 1.165) is 5.56 Å². The van der Waals surface area contributed by atoms with Crippen LogP contribution in [-0.2, 0) is 0 Å². The molecule has 2 aromatic rings. The number of hydrogen-bond donors (Lipinski definition) is 2. The predicted molar refractivity (Wildman–Crippen MR) is 77.2 cm³/mol. The Labute approximate surface area is 117 Å². The molecule has 0 amide bonds. The second kappa shape index (κ2) is 6.50. The maximum atomic E-state index is 9.00. The minimum Gasteiger partial charge on any atom is -0.396 e. The molecule has 0 bridgehead atoms. The molecule has 2 rings (SSSR count). The van der Waals surface area contributed by atoms with Crippen molar-refractivity contribution in [3.63, 3.8) is 0 Å². The van der Waals surface area contributed by atoms with E-state index >= 15 is 0 Å². The van der Waals surface area contributed by atoms with E-state index < -0.39 is 0 Å². The maximum absolute atomic E-state index is 9.00. The van der Waals surface area contributed by atoms with E-state index in [1.165, 1.54) is 0 Å². The van der Waals surface area contributed by atoms with E-state index in [1.54, 1.807) is 6.07 Å². The summed E-state index contributed by atoms with van der Waals surface area (Å²) in [4.78, 5) is 8.64. The van der Waals surface area contributed by atoms with Crippen molar-refractivity contribution >= 4 is 17.4 Å². The Morgan fingerprint density at radius 1 is 1.26 bits per heavy atom. The molecule has 1 atom stereocenters. The lowest BCUT2D eigenvalue weighted by molar-refractivity contribution is 0.244. The van der Waals surface area contributed by atoms with Gasteiger partial charge in [-0.05, 0) is 5.92 Å². The van der Waals surface area contributed by atoms with Crippen LogP contribution in [0.1, 0.15) is 6.92 Å². The topological polar surface area (TPSA) is 58.0 Å². The number of benzene rings is 1. The Balaban J connectivity index is 2.20. The summed E-state index contributed by atoms with van der Waals surface area (Å²) in [7, 11) is 0. The summed E-state index contributed by atoms with van der Waals surface area (Å²) in [5.74, 6) is 1.42. The minimum absolute atomic E-state index is 0.136. The highest BCUT2D eigenvalue weighted by atomic mass is 35.5. The van der Waals surface area contributed by atoms with Crippen LogP contribution in [0, 0.1) is 5.92 Å². The molecule has 1 aromatic carbocycles. The van der Waals surface area contributed by atoms with Crippen LogP contribution in [0.15, 0.2) is 36.4 Å². The summed E-state index contributed by atoms with van der Waals surface area (Å²) in [5.41, 5.74) is 0.920. The minimum atomic E-state index is 0.136. The first-order valence-electron chi connectivity index (χ1n) is 6.14. The van der Waals surface area contributed by atoms with Gasteiger partial charge in [0.25, 0.3) is 0 Å². The van der Waals surface area contributed by atoms with Crippen molar-refractivity contribution in [2.24, 2.45) is 5.92 Å². The summed E-state index contributed by atoms with van der Waals surface area (Å²) >= 11 is 6.01. The molecule has 0 aliphatic carbocycles. The van der Waals surface area contributed by atoms with Crippen molar-refractivity contribution in [1.29, 1.82) is 0 Å². The Hall–Kier alpha value is -1.65. The monoisotopic (exact) mass is 277 g/mol. The number of aliphatic hydroxyl groups is 1. The molecule has 0 saturated carbocycles. The largest absolute Gasteiger partial charge is 0.396 e. The first-order chi connectivity index (χ1) is 9.19. The van der Waals surface area contributed by atoms with Gasteiger partial charge in [0, 0.05) is 24.8 Å². The Kier molecular flexibility index (Phi) is 4.71. The average molecular weight is 278 g/mol. The SMILES string of the molecule is CC(CO)CNc1cc(Cl)nc(-c2ccccc2)n1. The predicted octanol–water partition coefficient (Wildman–Crippen LogP) is 2.84. The second-order valence-electron chi connectivity index (χ2n) is 4.43. The summed E-state index contributed by atoms with van der Waals surface area (Å²) in [6, 6.07) is 11.4. The fourth-order valence-corrected chi connectivity index (χ4v) is 1.75. The van der Waals surface area contributed by atoms with Crippen LogP contribution in [0.2, 0.25) is 5.15 Å². The molecule has 100 valence electrons. The number of anilines is 1. The number of aromatic nitrogens is 2. The van der Waals surface area contributed by atoms with Crippen LogP contribution in [0.3, 0.4) is 0 Å². The Morgan fingerprint density at radius 2 is 2.00 bits per heavy atom. The van der Waals surface area contributed by atoms with Crippen LogP contribution >= 0.6 is 11.6 Å². The number of aliphatic hydroxyl groups excluding tert-OH is 1. The highest BCUT2D eigenvalue weighted by molar-refractivity contribution is 6.29. The fourth-order valence-electron chi connectivity index (χ4n) is 1.57. The third kappa shape index (κ3) is 3.91. The number of nitrogens with zero attached hydrogens (tertiary/aromatic N) is 2. The zero-order valence-corrected chi connectivity index (χ0v) is 11.4. The number of halogens is 1. The lowest BCUT2D eigenvalue weighted by atomic mass is 10.2. The highest BCUT2D eigenvalue weighted by Crippen LogP contribution is 2.20. The van der Waals surface area contributed by atoms with Crippen molar-refractivity contribution in [2.45, 2.75) is 6.92 Å². The molecule has 0 saturated heterocycles. The quantitative estimate of drug-likeness (QED) is 0.825. The molecule has 19 heavy (non-hydrogen) atoms. The third-order valence-corrected chi connectivity index (χ3v) is 2.86. The van der Waals surface area contributed by atoms with Crippen LogP contribution in [0.25, 0.3) is 11.4 Å². The molecule has 1 heterocycles. The average Bonchev–Trinajstić information content (AvgIpc) is 2.45. The van der Waals surface area contributed by atoms with Gasteiger partial charge in [-0.1, -0.05) is 48.9 Å². The molecule has 0 radical (unpaired) electrons. The van der Waals surface area contributed by atoms with Gasteiger partial charge in [0.05, 0.1) is 0 Å². The molecule has 0 spiro atoms. The maximum Gasteiger partial charge on any atom is 0.163 e. The first-order valence-corrected chi connectivity index (χ1v) is 6.51. The lowest BCUT2D eigenvalue weighted by Gasteiger charge is -2.11. The van der Waals surface area contributed by atoms with Crippen molar-refractivity contribution < 1.29 is 5.11 Å². The number of rotatable bonds is 5. The van der Waals surface area contributed by atoms with Crippen molar-refractivity contribution in [1.82, 2.24) is 9.97 Å². The van der Waals surface area contributed by atoms with Gasteiger partial charge in [0.1, 0.15) is 11.0 Å². The molecule has 0 aliphatic rings. The normalized spacial score (nSPS) is 12.2. The van der Waals surface area contributed by atoms with Crippen molar-refractivity contribution in [2.75, 3.05) is 18.5 Å². The molecule has 0 aliphatic heterocycles. The van der Waals surface area contributed by atoms with Crippen molar-refractivity contribution in [3.05, 3.63) is 41.6 Å². The van der Waals surface area contributed by atoms with E-state index in [9.17, 15) is 0 Å². The molecular formula is C14H16ClN3O. The van der Waals surface area contributed by atoms with Gasteiger partial charge in [-0.3, -0.25) is 0 Å². The van der Waals surface area contributed by atoms with Crippen LogP contribution < -0.4 is 5.32 Å². The smallest absolute Gasteiger partial charge is 0.163 e. The fraction of sp³-hybridized carbons (Fsp3) is 0.286. The highest BCUT2D eigenvalue weighted by Gasteiger charge is 2.06. The molecule has 1 unspecified atom stereocenters. The molecule has 1 aromatic heterocycles. The van der Waals surface area contributed by atoms with Crippen LogP contribution in [-0.4, -0.2) is 28.2 Å². The van der Waals surface area contributed by atoms with Gasteiger partial charge in [0.2, 0.25) is 0 Å². The van der Waals surface area contributed by atoms with Crippen LogP contribution in [0.5, 0.6) is 0 Å². The van der Waals surface area contributed by atoms with E-state index in [4.69, 9.17) is 16.7 Å². The summed E-state index contributed by atoms with van der Waals surface area (Å²) < 4.78 is 0. The summed E-state index contributed by atoms with van der Waals surface area (Å²) in [6.45, 7) is 2.73. The Morgan fingerprint density at radius 3 is 2.68 bits per heavy atom. The van der Waals surface area contributed by atoms with E-state index in [1.807, 2.05) is 37.3 Å². The molecular weight excluding hydrogens is 262 g/mol. The first kappa shape index (κ1) is 13.8. The van der Waals surface area contributed by atoms with Gasteiger partial charge in [-0.15, -0.1) is 0 Å². The van der Waals surface area contributed by atoms with Gasteiger partial charge >= 0.3 is 0 Å². The van der Waals surface area contributed by atoms with Gasteiger partial charge in [-0.25, -0.2) is 9.97 Å². The van der Waals surface area contributed by atoms with Gasteiger partial charge in [-0.2, -0.15) is 0 Å². The van der Waals surface area contributed by atoms with Gasteiger partial charge < -0.3 is 10.4 Å². The van der Waals surface area contributed by atoms with E-state index in [-0.39, 0.29) is 12.5 Å². The molecule has 5 heteroatoms. The Bertz CT molecular complexity index is 533. The summed E-state index contributed by atoms with van der Waals surface area (Å²) in [5, 5.41) is 12.5. The lowest BCUT2D eigenvalue weighted by Crippen LogP contribution is -2.15. The zero-order chi connectivity index (χ0) is 13.7. The van der Waals surface area contributed by atoms with Gasteiger partial charge in [0.15, 0.2) is 5.82 Å². The van der Waals surface area contributed by atoms with E-state index in [0.29, 0.717) is 23.3 Å². The number of nitrogens with one attached hydrogen (secondary N) is 1. The third-order valence-electron chi connectivity index (χ3n) is 2.67. The standard InChI is InChI=1S/C14H16ClN3O/c1-10(9-19)8-16-13-7-12(15)17-14(18-13)11-5-3-2-4-6-11/h2-7,10,19H,8-9H2,1H3,(H,16,17,18). The van der Waals surface area contributed by atoms with Crippen molar-refractivity contribution in [3.8, 4) is 11.4 Å². The molecule has 2 N–H and O–H groups in total. The second-order valence-corrected chi connectivity index (χ2v) is 4.82. The summed E-state index contributed by atoms with van der Waals surface area (Å²) in [6.07, 6.45) is 0.